The lowest BCUT2D eigenvalue weighted by Gasteiger charge is -2.27. The van der Waals surface area contributed by atoms with Gasteiger partial charge in [-0.3, -0.25) is 4.79 Å². The highest BCUT2D eigenvalue weighted by Crippen LogP contribution is 2.30. The van der Waals surface area contributed by atoms with Gasteiger partial charge in [0.2, 0.25) is 5.43 Å². The number of benzene rings is 1. The maximum Gasteiger partial charge on any atom is 0.341 e. The third kappa shape index (κ3) is 4.69. The fourth-order valence-corrected chi connectivity index (χ4v) is 3.86. The minimum atomic E-state index is -1.21. The third-order valence-electron chi connectivity index (χ3n) is 5.32. The molecule has 1 unspecified atom stereocenters. The van der Waals surface area contributed by atoms with Gasteiger partial charge in [0.1, 0.15) is 5.56 Å². The summed E-state index contributed by atoms with van der Waals surface area (Å²) >= 11 is 0. The van der Waals surface area contributed by atoms with Crippen LogP contribution in [-0.2, 0) is 17.7 Å². The lowest BCUT2D eigenvalue weighted by molar-refractivity contribution is 0.0689. The van der Waals surface area contributed by atoms with Gasteiger partial charge in [-0.05, 0) is 42.9 Å². The molecule has 1 heterocycles. The Morgan fingerprint density at radius 3 is 2.50 bits per heavy atom. The molecule has 1 aliphatic rings. The Kier molecular flexibility index (Phi) is 8.13. The number of carbonyl (C=O) groups is 1. The van der Waals surface area contributed by atoms with Crippen LogP contribution in [-0.4, -0.2) is 22.8 Å². The largest absolute Gasteiger partial charge is 0.477 e. The van der Waals surface area contributed by atoms with Crippen LogP contribution in [0, 0.1) is 0 Å². The van der Waals surface area contributed by atoms with E-state index in [4.69, 9.17) is 4.74 Å². The SMILES string of the molecule is C=C.C=C/C(=C\C)c1ccc(Cn2cc(C(=O)O)c(=O)c3c2CCCC3OC)cc1. The van der Waals surface area contributed by atoms with Crippen molar-refractivity contribution in [2.75, 3.05) is 7.11 Å². The van der Waals surface area contributed by atoms with Gasteiger partial charge in [-0.2, -0.15) is 0 Å². The molecule has 0 aliphatic heterocycles. The Labute approximate surface area is 177 Å². The van der Waals surface area contributed by atoms with Crippen LogP contribution in [0.15, 0.2) is 67.1 Å². The summed E-state index contributed by atoms with van der Waals surface area (Å²) in [5.41, 5.74) is 3.90. The van der Waals surface area contributed by atoms with Crippen LogP contribution in [0.1, 0.15) is 58.6 Å². The number of methoxy groups -OCH3 is 1. The van der Waals surface area contributed by atoms with Crippen molar-refractivity contribution in [1.82, 2.24) is 4.57 Å². The van der Waals surface area contributed by atoms with Crippen molar-refractivity contribution in [3.05, 3.63) is 101 Å². The van der Waals surface area contributed by atoms with E-state index >= 15 is 0 Å². The monoisotopic (exact) mass is 407 g/mol. The normalized spacial score (nSPS) is 15.5. The molecule has 5 nitrogen and oxygen atoms in total. The van der Waals surface area contributed by atoms with Crippen molar-refractivity contribution in [3.63, 3.8) is 0 Å². The molecular weight excluding hydrogens is 378 g/mol. The minimum absolute atomic E-state index is 0.206. The zero-order chi connectivity index (χ0) is 22.3. The zero-order valence-electron chi connectivity index (χ0n) is 17.7. The summed E-state index contributed by atoms with van der Waals surface area (Å²) < 4.78 is 7.38. The Hall–Kier alpha value is -3.18. The summed E-state index contributed by atoms with van der Waals surface area (Å²) in [6.07, 6.45) is 7.30. The fourth-order valence-electron chi connectivity index (χ4n) is 3.86. The molecule has 3 rings (SSSR count). The number of pyridine rings is 1. The van der Waals surface area contributed by atoms with E-state index in [2.05, 4.69) is 19.7 Å². The number of carboxylic acids is 1. The second-order valence-electron chi connectivity index (χ2n) is 6.93. The van der Waals surface area contributed by atoms with Crippen molar-refractivity contribution < 1.29 is 14.6 Å². The number of hydrogen-bond donors (Lipinski definition) is 1. The maximum atomic E-state index is 12.7. The fraction of sp³-hybridized carbons (Fsp3) is 0.280. The number of aromatic carboxylic acids is 1. The van der Waals surface area contributed by atoms with Crippen LogP contribution in [0.5, 0.6) is 0 Å². The second kappa shape index (κ2) is 10.6. The number of rotatable bonds is 6. The van der Waals surface area contributed by atoms with E-state index in [1.807, 2.05) is 47.9 Å². The van der Waals surface area contributed by atoms with Crippen molar-refractivity contribution in [3.8, 4) is 0 Å². The Morgan fingerprint density at radius 2 is 1.97 bits per heavy atom. The quantitative estimate of drug-likeness (QED) is 0.540. The van der Waals surface area contributed by atoms with Gasteiger partial charge in [0.15, 0.2) is 0 Å². The first kappa shape index (κ1) is 23.1. The first-order chi connectivity index (χ1) is 14.5. The number of carboxylic acid groups (broad SMARTS) is 1. The predicted octanol–water partition coefficient (Wildman–Crippen LogP) is 5.01. The van der Waals surface area contributed by atoms with Gasteiger partial charge in [-0.1, -0.05) is 43.0 Å². The van der Waals surface area contributed by atoms with E-state index in [0.717, 1.165) is 41.7 Å². The van der Waals surface area contributed by atoms with Crippen LogP contribution in [0.2, 0.25) is 0 Å². The van der Waals surface area contributed by atoms with E-state index in [9.17, 15) is 14.7 Å². The third-order valence-corrected chi connectivity index (χ3v) is 5.32. The molecule has 5 heteroatoms. The van der Waals surface area contributed by atoms with Crippen LogP contribution in [0.4, 0.5) is 0 Å². The van der Waals surface area contributed by atoms with Crippen LogP contribution in [0.3, 0.4) is 0 Å². The Balaban J connectivity index is 0.00000155. The number of ether oxygens (including phenoxy) is 1. The molecular formula is C25H29NO4. The minimum Gasteiger partial charge on any atom is -0.477 e. The number of allylic oxidation sites excluding steroid dienone is 3. The number of aromatic nitrogens is 1. The number of fused-ring (bicyclic) bond motifs is 1. The molecule has 1 atom stereocenters. The lowest BCUT2D eigenvalue weighted by atomic mass is 9.91. The van der Waals surface area contributed by atoms with Gasteiger partial charge in [-0.15, -0.1) is 13.2 Å². The first-order valence-electron chi connectivity index (χ1n) is 9.90. The molecule has 1 aromatic carbocycles. The van der Waals surface area contributed by atoms with Crippen molar-refractivity contribution in [2.45, 2.75) is 38.8 Å². The molecule has 30 heavy (non-hydrogen) atoms. The molecule has 0 radical (unpaired) electrons. The van der Waals surface area contributed by atoms with E-state index < -0.39 is 11.4 Å². The highest BCUT2D eigenvalue weighted by atomic mass is 16.5. The molecule has 1 aliphatic carbocycles. The summed E-state index contributed by atoms with van der Waals surface area (Å²) in [4.78, 5) is 24.3. The van der Waals surface area contributed by atoms with E-state index in [1.165, 1.54) is 6.20 Å². The summed E-state index contributed by atoms with van der Waals surface area (Å²) in [5, 5.41) is 9.50. The standard InChI is InChI=1S/C23H25NO4.C2H4/c1-4-16(5-2)17-11-9-15(10-12-17)13-24-14-18(23(26)27)22(25)21-19(24)7-6-8-20(21)28-3;1-2/h4-5,9-12,14,20H,1,6-8,13H2,2-3H3,(H,26,27);1-2H2/b16-5+;. The van der Waals surface area contributed by atoms with Gasteiger partial charge in [0.05, 0.1) is 6.10 Å². The number of hydrogen-bond acceptors (Lipinski definition) is 3. The molecule has 158 valence electrons. The zero-order valence-corrected chi connectivity index (χ0v) is 17.7. The van der Waals surface area contributed by atoms with Crippen molar-refractivity contribution >= 4 is 11.5 Å². The van der Waals surface area contributed by atoms with Crippen molar-refractivity contribution in [1.29, 1.82) is 0 Å². The second-order valence-corrected chi connectivity index (χ2v) is 6.93. The van der Waals surface area contributed by atoms with E-state index in [1.54, 1.807) is 7.11 Å². The average Bonchev–Trinajstić information content (AvgIpc) is 2.78. The lowest BCUT2D eigenvalue weighted by Crippen LogP contribution is -2.30. The van der Waals surface area contributed by atoms with Crippen LogP contribution >= 0.6 is 0 Å². The van der Waals surface area contributed by atoms with Gasteiger partial charge >= 0.3 is 5.97 Å². The van der Waals surface area contributed by atoms with E-state index in [0.29, 0.717) is 12.1 Å². The molecule has 0 amide bonds. The van der Waals surface area contributed by atoms with Gasteiger partial charge in [0, 0.05) is 31.1 Å². The van der Waals surface area contributed by atoms with Gasteiger partial charge in [-0.25, -0.2) is 4.79 Å². The Bertz CT molecular complexity index is 999. The molecule has 1 aromatic heterocycles. The molecule has 0 spiro atoms. The maximum absolute atomic E-state index is 12.7. The highest BCUT2D eigenvalue weighted by Gasteiger charge is 2.28. The summed E-state index contributed by atoms with van der Waals surface area (Å²) in [6.45, 7) is 12.3. The smallest absolute Gasteiger partial charge is 0.341 e. The first-order valence-corrected chi connectivity index (χ1v) is 9.90. The molecule has 0 bridgehead atoms. The summed E-state index contributed by atoms with van der Waals surface area (Å²) in [7, 11) is 1.56. The molecule has 0 fully saturated rings. The predicted molar refractivity (Wildman–Crippen MR) is 121 cm³/mol. The Morgan fingerprint density at radius 1 is 1.30 bits per heavy atom. The van der Waals surface area contributed by atoms with Crippen LogP contribution < -0.4 is 5.43 Å². The van der Waals surface area contributed by atoms with Gasteiger partial charge < -0.3 is 14.4 Å². The summed E-state index contributed by atoms with van der Waals surface area (Å²) in [5.74, 6) is -1.21. The molecule has 1 N–H and O–H groups in total. The average molecular weight is 408 g/mol. The summed E-state index contributed by atoms with van der Waals surface area (Å²) in [6, 6.07) is 8.09. The number of nitrogens with zero attached hydrogens (tertiary/aromatic N) is 1. The topological polar surface area (TPSA) is 68.5 Å². The van der Waals surface area contributed by atoms with Crippen molar-refractivity contribution in [2.24, 2.45) is 0 Å². The molecule has 0 saturated heterocycles. The van der Waals surface area contributed by atoms with Crippen LogP contribution in [0.25, 0.3) is 5.57 Å². The van der Waals surface area contributed by atoms with E-state index in [-0.39, 0.29) is 11.7 Å². The molecule has 2 aromatic rings. The molecule has 0 saturated carbocycles. The van der Waals surface area contributed by atoms with Gasteiger partial charge in [0.25, 0.3) is 0 Å². The highest BCUT2D eigenvalue weighted by molar-refractivity contribution is 5.87.